The van der Waals surface area contributed by atoms with E-state index in [1.807, 2.05) is 0 Å². The van der Waals surface area contributed by atoms with E-state index in [0.29, 0.717) is 16.5 Å². The highest BCUT2D eigenvalue weighted by Gasteiger charge is 2.41. The fraction of sp³-hybridized carbons (Fsp3) is 0.952. The molecule has 0 spiro atoms. The number of hydrogen-bond donors (Lipinski definition) is 2. The maximum Gasteiger partial charge on any atom is 0.162 e. The second-order valence-electron chi connectivity index (χ2n) is 15.0. The normalized spacial score (nSPS) is 18.2. The van der Waals surface area contributed by atoms with Crippen LogP contribution in [0.5, 0.6) is 0 Å². The van der Waals surface area contributed by atoms with Crippen molar-refractivity contribution >= 4 is 34.5 Å². The van der Waals surface area contributed by atoms with E-state index in [9.17, 15) is 10.2 Å². The molecule has 0 bridgehead atoms. The molecule has 0 radical (unpaired) electrons. The third-order valence-electron chi connectivity index (χ3n) is 10.2. The van der Waals surface area contributed by atoms with Crippen LogP contribution in [0.2, 0.25) is 0 Å². The standard InChI is InChI=1S/C42H80O5S2/c1-3-5-7-9-11-13-15-17-19-21-23-25-27-29-31-33-39(48)45-36-38(42-41(44)37(43)35-46-42)47-40(49)34-32-30-28-26-24-22-20-18-16-14-12-10-8-6-4-2/h37-38,41-44H,3-36H2,1-2H3/t37-,38+,41-,42-/m1/s1. The van der Waals surface area contributed by atoms with Gasteiger partial charge in [0.25, 0.3) is 0 Å². The first-order chi connectivity index (χ1) is 24.0. The summed E-state index contributed by atoms with van der Waals surface area (Å²) in [7, 11) is 0. The Bertz CT molecular complexity index is 751. The second kappa shape index (κ2) is 34.7. The number of ether oxygens (including phenoxy) is 3. The Kier molecular flexibility index (Phi) is 33.1. The highest BCUT2D eigenvalue weighted by atomic mass is 32.1. The summed E-state index contributed by atoms with van der Waals surface area (Å²) in [5.41, 5.74) is 0. The molecule has 4 atom stereocenters. The van der Waals surface area contributed by atoms with Gasteiger partial charge in [-0.2, -0.15) is 0 Å². The molecule has 1 fully saturated rings. The van der Waals surface area contributed by atoms with Crippen LogP contribution >= 0.6 is 24.4 Å². The fourth-order valence-corrected chi connectivity index (χ4v) is 7.39. The third-order valence-corrected chi connectivity index (χ3v) is 10.8. The number of thiocarbonyl (C=S) groups is 2. The van der Waals surface area contributed by atoms with Gasteiger partial charge in [0.2, 0.25) is 0 Å². The third kappa shape index (κ3) is 27.9. The molecule has 290 valence electrons. The first kappa shape index (κ1) is 46.7. The van der Waals surface area contributed by atoms with Crippen LogP contribution in [0.3, 0.4) is 0 Å². The predicted octanol–water partition coefficient (Wildman–Crippen LogP) is 12.7. The zero-order chi connectivity index (χ0) is 35.6. The van der Waals surface area contributed by atoms with Gasteiger partial charge in [0, 0.05) is 12.8 Å². The summed E-state index contributed by atoms with van der Waals surface area (Å²) in [6.07, 6.45) is 38.2. The van der Waals surface area contributed by atoms with E-state index in [1.54, 1.807) is 0 Å². The van der Waals surface area contributed by atoms with Crippen LogP contribution in [0.4, 0.5) is 0 Å². The summed E-state index contributed by atoms with van der Waals surface area (Å²) in [5.74, 6) is 0. The van der Waals surface area contributed by atoms with Crippen molar-refractivity contribution in [2.24, 2.45) is 0 Å². The summed E-state index contributed by atoms with van der Waals surface area (Å²) >= 11 is 11.1. The van der Waals surface area contributed by atoms with Crippen molar-refractivity contribution in [2.75, 3.05) is 13.2 Å². The quantitative estimate of drug-likeness (QED) is 0.0492. The Morgan fingerprint density at radius 3 is 1.18 bits per heavy atom. The highest BCUT2D eigenvalue weighted by molar-refractivity contribution is 7.80. The van der Waals surface area contributed by atoms with Crippen LogP contribution < -0.4 is 0 Å². The molecule has 5 nitrogen and oxygen atoms in total. The lowest BCUT2D eigenvalue weighted by Gasteiger charge is -2.27. The van der Waals surface area contributed by atoms with Gasteiger partial charge >= 0.3 is 0 Å². The van der Waals surface area contributed by atoms with E-state index in [2.05, 4.69) is 13.8 Å². The molecule has 1 aliphatic rings. The van der Waals surface area contributed by atoms with Crippen LogP contribution in [-0.4, -0.2) is 57.9 Å². The predicted molar refractivity (Wildman–Crippen MR) is 217 cm³/mol. The van der Waals surface area contributed by atoms with Gasteiger partial charge in [-0.05, 0) is 37.3 Å². The van der Waals surface area contributed by atoms with Crippen molar-refractivity contribution in [2.45, 2.75) is 244 Å². The van der Waals surface area contributed by atoms with E-state index in [-0.39, 0.29) is 13.2 Å². The highest BCUT2D eigenvalue weighted by Crippen LogP contribution is 2.22. The molecule has 0 amide bonds. The van der Waals surface area contributed by atoms with Crippen molar-refractivity contribution in [3.8, 4) is 0 Å². The number of rotatable bonds is 36. The molecule has 2 N–H and O–H groups in total. The summed E-state index contributed by atoms with van der Waals surface area (Å²) < 4.78 is 17.7. The summed E-state index contributed by atoms with van der Waals surface area (Å²) in [4.78, 5) is 0. The molecular formula is C42H80O5S2. The Balaban J connectivity index is 2.10. The molecule has 0 saturated carbocycles. The average Bonchev–Trinajstić information content (AvgIpc) is 3.43. The smallest absolute Gasteiger partial charge is 0.162 e. The molecule has 0 aliphatic carbocycles. The van der Waals surface area contributed by atoms with Crippen LogP contribution in [0.15, 0.2) is 0 Å². The minimum atomic E-state index is -1.02. The molecule has 0 aromatic carbocycles. The van der Waals surface area contributed by atoms with E-state index < -0.39 is 24.4 Å². The molecular weight excluding hydrogens is 649 g/mol. The Morgan fingerprint density at radius 2 is 0.857 bits per heavy atom. The molecule has 1 rings (SSSR count). The minimum Gasteiger partial charge on any atom is -0.483 e. The average molecular weight is 729 g/mol. The molecule has 1 heterocycles. The van der Waals surface area contributed by atoms with Gasteiger partial charge < -0.3 is 24.4 Å². The van der Waals surface area contributed by atoms with Crippen LogP contribution in [0, 0.1) is 0 Å². The first-order valence-electron chi connectivity index (χ1n) is 21.3. The van der Waals surface area contributed by atoms with E-state index >= 15 is 0 Å². The molecule has 0 aromatic rings. The SMILES string of the molecule is CCCCCCCCCCCCCCCCCC(=S)OC[C@H](OC(=S)CCCCCCCCCCCCCCCCC)[C@H]1OC[C@@H](O)[C@H]1O. The van der Waals surface area contributed by atoms with Gasteiger partial charge in [0.1, 0.15) is 24.9 Å². The Morgan fingerprint density at radius 1 is 0.531 bits per heavy atom. The number of unbranched alkanes of at least 4 members (excludes halogenated alkanes) is 28. The maximum atomic E-state index is 10.5. The van der Waals surface area contributed by atoms with Crippen molar-refractivity contribution in [3.05, 3.63) is 0 Å². The van der Waals surface area contributed by atoms with Gasteiger partial charge in [0.15, 0.2) is 16.2 Å². The van der Waals surface area contributed by atoms with Crippen molar-refractivity contribution in [1.82, 2.24) is 0 Å². The Labute approximate surface area is 314 Å². The second-order valence-corrected chi connectivity index (χ2v) is 15.9. The minimum absolute atomic E-state index is 0.0844. The van der Waals surface area contributed by atoms with Crippen molar-refractivity contribution in [1.29, 1.82) is 0 Å². The summed E-state index contributed by atoms with van der Waals surface area (Å²) in [6.45, 7) is 4.82. The number of hydrogen-bond acceptors (Lipinski definition) is 7. The lowest BCUT2D eigenvalue weighted by Crippen LogP contribution is -2.43. The summed E-state index contributed by atoms with van der Waals surface area (Å²) in [5, 5.41) is 21.6. The van der Waals surface area contributed by atoms with Crippen molar-refractivity contribution in [3.63, 3.8) is 0 Å². The van der Waals surface area contributed by atoms with Gasteiger partial charge in [-0.25, -0.2) is 0 Å². The zero-order valence-electron chi connectivity index (χ0n) is 32.3. The molecule has 0 aromatic heterocycles. The van der Waals surface area contributed by atoms with Crippen LogP contribution in [0.1, 0.15) is 219 Å². The van der Waals surface area contributed by atoms with Gasteiger partial charge in [0.05, 0.1) is 6.61 Å². The van der Waals surface area contributed by atoms with Gasteiger partial charge in [-0.3, -0.25) is 0 Å². The lowest BCUT2D eigenvalue weighted by atomic mass is 10.0. The molecule has 1 saturated heterocycles. The maximum absolute atomic E-state index is 10.5. The molecule has 49 heavy (non-hydrogen) atoms. The van der Waals surface area contributed by atoms with Crippen LogP contribution in [0.25, 0.3) is 0 Å². The van der Waals surface area contributed by atoms with E-state index in [4.69, 9.17) is 38.6 Å². The monoisotopic (exact) mass is 729 g/mol. The van der Waals surface area contributed by atoms with Crippen molar-refractivity contribution < 1.29 is 24.4 Å². The lowest BCUT2D eigenvalue weighted by molar-refractivity contribution is -0.0600. The first-order valence-corrected chi connectivity index (χ1v) is 22.1. The topological polar surface area (TPSA) is 68.2 Å². The Hall–Kier alpha value is -0.340. The number of aliphatic hydroxyl groups is 2. The largest absolute Gasteiger partial charge is 0.483 e. The zero-order valence-corrected chi connectivity index (χ0v) is 33.9. The van der Waals surface area contributed by atoms with E-state index in [1.165, 1.54) is 173 Å². The van der Waals surface area contributed by atoms with Gasteiger partial charge in [-0.1, -0.05) is 194 Å². The van der Waals surface area contributed by atoms with Crippen LogP contribution in [-0.2, 0) is 14.2 Å². The summed E-state index contributed by atoms with van der Waals surface area (Å²) in [6, 6.07) is 0. The molecule has 1 aliphatic heterocycles. The molecule has 7 heteroatoms. The van der Waals surface area contributed by atoms with Gasteiger partial charge in [-0.15, -0.1) is 0 Å². The fourth-order valence-electron chi connectivity index (χ4n) is 6.91. The number of aliphatic hydroxyl groups excluding tert-OH is 2. The molecule has 0 unspecified atom stereocenters. The van der Waals surface area contributed by atoms with E-state index in [0.717, 1.165) is 25.7 Å².